The molecule has 0 amide bonds. The molecule has 0 aromatic rings. The van der Waals surface area contributed by atoms with Gasteiger partial charge in [0, 0.05) is 6.08 Å². The molecule has 2 rings (SSSR count). The molecule has 0 saturated heterocycles. The molecule has 0 unspecified atom stereocenters. The van der Waals surface area contributed by atoms with Gasteiger partial charge in [0.05, 0.1) is 6.61 Å². The summed E-state index contributed by atoms with van der Waals surface area (Å²) in [6.45, 7) is 0.633. The van der Waals surface area contributed by atoms with Crippen molar-refractivity contribution in [3.8, 4) is 0 Å². The Morgan fingerprint density at radius 1 is 1.21 bits per heavy atom. The molecule has 2 fully saturated rings. The Morgan fingerprint density at radius 3 is 2.57 bits per heavy atom. The fourth-order valence-corrected chi connectivity index (χ4v) is 1.90. The molecule has 0 heterocycles. The van der Waals surface area contributed by atoms with Crippen LogP contribution in [0.2, 0.25) is 0 Å². The van der Waals surface area contributed by atoms with E-state index in [2.05, 4.69) is 0 Å². The van der Waals surface area contributed by atoms with Crippen LogP contribution in [0, 0.1) is 11.8 Å². The van der Waals surface area contributed by atoms with Gasteiger partial charge in [-0.15, -0.1) is 0 Å². The average molecular weight is 194 g/mol. The van der Waals surface area contributed by atoms with E-state index in [0.717, 1.165) is 0 Å². The second-order valence-corrected chi connectivity index (χ2v) is 4.48. The molecule has 0 aliphatic heterocycles. The van der Waals surface area contributed by atoms with Gasteiger partial charge in [-0.25, -0.2) is 4.79 Å². The minimum Gasteiger partial charge on any atom is -0.462 e. The molecular weight excluding hydrogens is 176 g/mol. The lowest BCUT2D eigenvalue weighted by atomic mass is 10.1. The van der Waals surface area contributed by atoms with Crippen molar-refractivity contribution in [1.82, 2.24) is 0 Å². The largest absolute Gasteiger partial charge is 0.462 e. The Labute approximate surface area is 85.3 Å². The van der Waals surface area contributed by atoms with E-state index in [-0.39, 0.29) is 5.97 Å². The Hall–Kier alpha value is -0.790. The van der Waals surface area contributed by atoms with Crippen molar-refractivity contribution in [1.29, 1.82) is 0 Å². The van der Waals surface area contributed by atoms with Crippen LogP contribution in [0.1, 0.15) is 38.5 Å². The molecule has 78 valence electrons. The first-order chi connectivity index (χ1) is 6.84. The van der Waals surface area contributed by atoms with Gasteiger partial charge in [0.1, 0.15) is 0 Å². The van der Waals surface area contributed by atoms with Crippen molar-refractivity contribution in [2.45, 2.75) is 38.5 Å². The summed E-state index contributed by atoms with van der Waals surface area (Å²) in [4.78, 5) is 11.2. The van der Waals surface area contributed by atoms with Crippen LogP contribution in [0.4, 0.5) is 0 Å². The van der Waals surface area contributed by atoms with Gasteiger partial charge in [-0.05, 0) is 37.5 Å². The molecule has 2 saturated carbocycles. The summed E-state index contributed by atoms with van der Waals surface area (Å²) in [6.07, 6.45) is 11.2. The maximum atomic E-state index is 11.2. The van der Waals surface area contributed by atoms with Crippen molar-refractivity contribution in [2.24, 2.45) is 11.8 Å². The molecule has 2 nitrogen and oxygen atoms in total. The zero-order valence-corrected chi connectivity index (χ0v) is 8.58. The van der Waals surface area contributed by atoms with Gasteiger partial charge < -0.3 is 4.74 Å². The van der Waals surface area contributed by atoms with E-state index in [9.17, 15) is 4.79 Å². The zero-order valence-electron chi connectivity index (χ0n) is 8.58. The van der Waals surface area contributed by atoms with Crippen molar-refractivity contribution in [3.05, 3.63) is 12.2 Å². The van der Waals surface area contributed by atoms with Crippen LogP contribution in [-0.4, -0.2) is 12.6 Å². The SMILES string of the molecule is O=C(C=CC1CCCC1)OCC1CC1. The third-order valence-electron chi connectivity index (χ3n) is 3.06. The third kappa shape index (κ3) is 3.17. The van der Waals surface area contributed by atoms with Gasteiger partial charge in [0.15, 0.2) is 0 Å². The van der Waals surface area contributed by atoms with Crippen molar-refractivity contribution >= 4 is 5.97 Å². The molecule has 14 heavy (non-hydrogen) atoms. The lowest BCUT2D eigenvalue weighted by Gasteiger charge is -2.01. The molecule has 0 bridgehead atoms. The van der Waals surface area contributed by atoms with Crippen LogP contribution >= 0.6 is 0 Å². The van der Waals surface area contributed by atoms with E-state index < -0.39 is 0 Å². The van der Waals surface area contributed by atoms with Gasteiger partial charge in [0.2, 0.25) is 0 Å². The molecule has 2 aliphatic rings. The molecule has 2 aliphatic carbocycles. The van der Waals surface area contributed by atoms with Crippen molar-refractivity contribution in [2.75, 3.05) is 6.61 Å². The molecule has 0 N–H and O–H groups in total. The van der Waals surface area contributed by atoms with Crippen LogP contribution in [0.3, 0.4) is 0 Å². The predicted molar refractivity (Wildman–Crippen MR) is 54.8 cm³/mol. The van der Waals surface area contributed by atoms with Crippen LogP contribution in [0.5, 0.6) is 0 Å². The Kier molecular flexibility index (Phi) is 3.22. The van der Waals surface area contributed by atoms with Gasteiger partial charge in [-0.2, -0.15) is 0 Å². The van der Waals surface area contributed by atoms with Gasteiger partial charge in [-0.3, -0.25) is 0 Å². The molecule has 2 heteroatoms. The summed E-state index contributed by atoms with van der Waals surface area (Å²) >= 11 is 0. The number of carbonyl (C=O) groups excluding carboxylic acids is 1. The summed E-state index contributed by atoms with van der Waals surface area (Å²) in [5.41, 5.74) is 0. The van der Waals surface area contributed by atoms with Crippen LogP contribution in [0.15, 0.2) is 12.2 Å². The van der Waals surface area contributed by atoms with E-state index in [1.165, 1.54) is 38.5 Å². The monoisotopic (exact) mass is 194 g/mol. The number of rotatable bonds is 4. The number of hydrogen-bond donors (Lipinski definition) is 0. The van der Waals surface area contributed by atoms with Crippen molar-refractivity contribution < 1.29 is 9.53 Å². The first-order valence-electron chi connectivity index (χ1n) is 5.69. The zero-order chi connectivity index (χ0) is 9.80. The standard InChI is InChI=1S/C12H18O2/c13-12(14-9-11-5-6-11)8-7-10-3-1-2-4-10/h7-8,10-11H,1-6,9H2. The number of esters is 1. The Balaban J connectivity index is 1.64. The highest BCUT2D eigenvalue weighted by atomic mass is 16.5. The highest BCUT2D eigenvalue weighted by Crippen LogP contribution is 2.29. The second-order valence-electron chi connectivity index (χ2n) is 4.48. The summed E-state index contributed by atoms with van der Waals surface area (Å²) in [5, 5.41) is 0. The number of allylic oxidation sites excluding steroid dienone is 1. The van der Waals surface area contributed by atoms with Gasteiger partial charge in [0.25, 0.3) is 0 Å². The van der Waals surface area contributed by atoms with E-state index in [0.29, 0.717) is 18.4 Å². The minimum absolute atomic E-state index is 0.149. The topological polar surface area (TPSA) is 26.3 Å². The van der Waals surface area contributed by atoms with Gasteiger partial charge >= 0.3 is 5.97 Å². The predicted octanol–water partition coefficient (Wildman–Crippen LogP) is 2.69. The molecule has 0 aromatic carbocycles. The fraction of sp³-hybridized carbons (Fsp3) is 0.750. The molecule has 0 radical (unpaired) electrons. The summed E-state index contributed by atoms with van der Waals surface area (Å²) < 4.78 is 5.10. The summed E-state index contributed by atoms with van der Waals surface area (Å²) in [5.74, 6) is 1.14. The van der Waals surface area contributed by atoms with Crippen LogP contribution < -0.4 is 0 Å². The maximum Gasteiger partial charge on any atom is 0.330 e. The lowest BCUT2D eigenvalue weighted by molar-refractivity contribution is -0.138. The minimum atomic E-state index is -0.149. The van der Waals surface area contributed by atoms with Gasteiger partial charge in [-0.1, -0.05) is 18.9 Å². The summed E-state index contributed by atoms with van der Waals surface area (Å²) in [7, 11) is 0. The van der Waals surface area contributed by atoms with Crippen LogP contribution in [-0.2, 0) is 9.53 Å². The van der Waals surface area contributed by atoms with E-state index in [1.54, 1.807) is 6.08 Å². The van der Waals surface area contributed by atoms with E-state index >= 15 is 0 Å². The Morgan fingerprint density at radius 2 is 1.93 bits per heavy atom. The third-order valence-corrected chi connectivity index (χ3v) is 3.06. The molecule has 0 atom stereocenters. The van der Waals surface area contributed by atoms with Crippen LogP contribution in [0.25, 0.3) is 0 Å². The van der Waals surface area contributed by atoms with E-state index in [4.69, 9.17) is 4.74 Å². The first-order valence-corrected chi connectivity index (χ1v) is 5.69. The maximum absolute atomic E-state index is 11.2. The molecule has 0 aromatic heterocycles. The number of hydrogen-bond acceptors (Lipinski definition) is 2. The molecule has 0 spiro atoms. The van der Waals surface area contributed by atoms with Crippen molar-refractivity contribution in [3.63, 3.8) is 0 Å². The molecular formula is C12H18O2. The average Bonchev–Trinajstić information content (AvgIpc) is 2.87. The highest BCUT2D eigenvalue weighted by Gasteiger charge is 2.22. The lowest BCUT2D eigenvalue weighted by Crippen LogP contribution is -2.04. The number of carbonyl (C=O) groups is 1. The smallest absolute Gasteiger partial charge is 0.330 e. The normalized spacial score (nSPS) is 23.1. The number of ether oxygens (including phenoxy) is 1. The quantitative estimate of drug-likeness (QED) is 0.508. The fourth-order valence-electron chi connectivity index (χ4n) is 1.90. The van der Waals surface area contributed by atoms with E-state index in [1.807, 2.05) is 6.08 Å². The first kappa shape index (κ1) is 9.75. The highest BCUT2D eigenvalue weighted by molar-refractivity contribution is 5.81. The second kappa shape index (κ2) is 4.63. The summed E-state index contributed by atoms with van der Waals surface area (Å²) in [6, 6.07) is 0. The Bertz CT molecular complexity index is 222.